The second-order valence-electron chi connectivity index (χ2n) is 6.01. The van der Waals surface area contributed by atoms with Crippen molar-refractivity contribution in [3.05, 3.63) is 29.8 Å². The van der Waals surface area contributed by atoms with Crippen LogP contribution in [-0.2, 0) is 4.74 Å². The zero-order chi connectivity index (χ0) is 17.5. The lowest BCUT2D eigenvalue weighted by atomic mass is 10.0. The van der Waals surface area contributed by atoms with Crippen molar-refractivity contribution in [1.82, 2.24) is 9.80 Å². The minimum Gasteiger partial charge on any atom is -0.497 e. The Labute approximate surface area is 144 Å². The van der Waals surface area contributed by atoms with Crippen molar-refractivity contribution >= 4 is 11.9 Å². The third-order valence-corrected chi connectivity index (χ3v) is 4.35. The predicted molar refractivity (Wildman–Crippen MR) is 94.7 cm³/mol. The van der Waals surface area contributed by atoms with Crippen molar-refractivity contribution in [3.63, 3.8) is 0 Å². The third kappa shape index (κ3) is 4.71. The van der Waals surface area contributed by atoms with Gasteiger partial charge in [0.2, 0.25) is 0 Å². The quantitative estimate of drug-likeness (QED) is 0.625. The molecular weight excluding hydrogens is 306 g/mol. The summed E-state index contributed by atoms with van der Waals surface area (Å²) in [5, 5.41) is 0. The zero-order valence-corrected chi connectivity index (χ0v) is 15.0. The Kier molecular flexibility index (Phi) is 6.61. The van der Waals surface area contributed by atoms with Crippen molar-refractivity contribution < 1.29 is 14.3 Å². The molecule has 1 heterocycles. The van der Waals surface area contributed by atoms with Gasteiger partial charge in [0.05, 0.1) is 13.7 Å². The number of benzene rings is 1. The summed E-state index contributed by atoms with van der Waals surface area (Å²) < 4.78 is 10.7. The number of nitrogens with zero attached hydrogens (tertiary/aromatic N) is 3. The van der Waals surface area contributed by atoms with Crippen molar-refractivity contribution in [2.24, 2.45) is 4.99 Å². The van der Waals surface area contributed by atoms with Gasteiger partial charge in [-0.25, -0.2) is 0 Å². The van der Waals surface area contributed by atoms with Crippen LogP contribution in [0.15, 0.2) is 29.3 Å². The Morgan fingerprint density at radius 3 is 2.46 bits per heavy atom. The highest BCUT2D eigenvalue weighted by atomic mass is 16.5. The fraction of sp³-hybridized carbons (Fsp3) is 0.556. The summed E-state index contributed by atoms with van der Waals surface area (Å²) in [6.45, 7) is 4.46. The van der Waals surface area contributed by atoms with Gasteiger partial charge in [-0.05, 0) is 64.2 Å². The number of carbonyl (C=O) groups is 1. The number of likely N-dealkylation sites (tertiary alicyclic amines) is 1. The Morgan fingerprint density at radius 2 is 1.92 bits per heavy atom. The van der Waals surface area contributed by atoms with Crippen LogP contribution in [0.3, 0.4) is 0 Å². The molecule has 0 saturated carbocycles. The summed E-state index contributed by atoms with van der Waals surface area (Å²) in [7, 11) is 5.67. The number of hydrogen-bond acceptors (Lipinski definition) is 4. The van der Waals surface area contributed by atoms with Crippen LogP contribution in [0.2, 0.25) is 0 Å². The van der Waals surface area contributed by atoms with E-state index in [2.05, 4.69) is 16.9 Å². The number of carbonyl (C=O) groups excluding carboxylic acids is 1. The molecule has 6 nitrogen and oxygen atoms in total. The van der Waals surface area contributed by atoms with E-state index in [1.165, 1.54) is 0 Å². The fourth-order valence-corrected chi connectivity index (χ4v) is 2.77. The maximum atomic E-state index is 12.4. The average Bonchev–Trinajstić information content (AvgIpc) is 2.61. The van der Waals surface area contributed by atoms with Crippen LogP contribution >= 0.6 is 0 Å². The Hall–Kier alpha value is -2.08. The van der Waals surface area contributed by atoms with E-state index >= 15 is 0 Å². The lowest BCUT2D eigenvalue weighted by Crippen LogP contribution is -2.45. The summed E-state index contributed by atoms with van der Waals surface area (Å²) >= 11 is 0. The van der Waals surface area contributed by atoms with Crippen LogP contribution in [0.25, 0.3) is 0 Å². The first-order valence-electron chi connectivity index (χ1n) is 8.36. The summed E-state index contributed by atoms with van der Waals surface area (Å²) in [5.74, 6) is 0.407. The molecule has 1 aliphatic rings. The van der Waals surface area contributed by atoms with E-state index in [4.69, 9.17) is 9.47 Å². The molecule has 0 radical (unpaired) electrons. The second kappa shape index (κ2) is 8.68. The Bertz CT molecular complexity index is 563. The van der Waals surface area contributed by atoms with Gasteiger partial charge < -0.3 is 19.3 Å². The second-order valence-corrected chi connectivity index (χ2v) is 6.01. The van der Waals surface area contributed by atoms with Crippen LogP contribution in [0.4, 0.5) is 0 Å². The Balaban J connectivity index is 2.12. The monoisotopic (exact) mass is 333 g/mol. The van der Waals surface area contributed by atoms with E-state index in [1.807, 2.05) is 18.9 Å². The van der Waals surface area contributed by atoms with Crippen LogP contribution < -0.4 is 4.74 Å². The number of ether oxygens (including phenoxy) is 2. The highest BCUT2D eigenvalue weighted by Crippen LogP contribution is 2.16. The van der Waals surface area contributed by atoms with Gasteiger partial charge in [-0.2, -0.15) is 4.99 Å². The zero-order valence-electron chi connectivity index (χ0n) is 15.0. The number of amidine groups is 1. The van der Waals surface area contributed by atoms with Gasteiger partial charge in [0, 0.05) is 18.7 Å². The molecule has 1 amide bonds. The molecule has 0 spiro atoms. The number of piperidine rings is 1. The lowest BCUT2D eigenvalue weighted by Gasteiger charge is -2.35. The van der Waals surface area contributed by atoms with Gasteiger partial charge in [0.15, 0.2) is 0 Å². The SMILES string of the molecule is CCOC(=NC(=O)c1ccc(OC)cc1)N(C)C1CCN(C)CC1. The van der Waals surface area contributed by atoms with Crippen molar-refractivity contribution in [1.29, 1.82) is 0 Å². The molecule has 1 saturated heterocycles. The van der Waals surface area contributed by atoms with E-state index in [0.717, 1.165) is 25.9 Å². The largest absolute Gasteiger partial charge is 0.497 e. The molecule has 24 heavy (non-hydrogen) atoms. The number of hydrogen-bond donors (Lipinski definition) is 0. The van der Waals surface area contributed by atoms with Gasteiger partial charge >= 0.3 is 0 Å². The highest BCUT2D eigenvalue weighted by molar-refractivity contribution is 6.01. The summed E-state index contributed by atoms with van der Waals surface area (Å²) in [6.07, 6.45) is 2.08. The summed E-state index contributed by atoms with van der Waals surface area (Å²) in [5.41, 5.74) is 0.518. The number of rotatable bonds is 4. The fourth-order valence-electron chi connectivity index (χ4n) is 2.77. The third-order valence-electron chi connectivity index (χ3n) is 4.35. The van der Waals surface area contributed by atoms with Crippen LogP contribution in [-0.4, -0.2) is 68.7 Å². The van der Waals surface area contributed by atoms with E-state index < -0.39 is 0 Å². The molecule has 1 aromatic carbocycles. The lowest BCUT2D eigenvalue weighted by molar-refractivity contribution is 0.0989. The van der Waals surface area contributed by atoms with Crippen molar-refractivity contribution in [2.75, 3.05) is 40.9 Å². The first kappa shape index (κ1) is 18.3. The molecule has 0 aromatic heterocycles. The molecule has 1 aromatic rings. The minimum absolute atomic E-state index is 0.305. The molecule has 0 atom stereocenters. The molecule has 1 fully saturated rings. The molecular formula is C18H27N3O3. The number of amides is 1. The molecule has 6 heteroatoms. The number of aliphatic imine (C=N–C) groups is 1. The first-order chi connectivity index (χ1) is 11.5. The van der Waals surface area contributed by atoms with Gasteiger partial charge in [-0.1, -0.05) is 0 Å². The number of methoxy groups -OCH3 is 1. The van der Waals surface area contributed by atoms with E-state index in [1.54, 1.807) is 31.4 Å². The maximum Gasteiger partial charge on any atom is 0.295 e. The predicted octanol–water partition coefficient (Wildman–Crippen LogP) is 2.25. The molecule has 1 aliphatic heterocycles. The molecule has 2 rings (SSSR count). The smallest absolute Gasteiger partial charge is 0.295 e. The summed E-state index contributed by atoms with van der Waals surface area (Å²) in [4.78, 5) is 20.9. The van der Waals surface area contributed by atoms with E-state index in [0.29, 0.717) is 30.0 Å². The highest BCUT2D eigenvalue weighted by Gasteiger charge is 2.24. The maximum absolute atomic E-state index is 12.4. The molecule has 0 unspecified atom stereocenters. The molecule has 0 N–H and O–H groups in total. The molecule has 0 bridgehead atoms. The van der Waals surface area contributed by atoms with Crippen molar-refractivity contribution in [3.8, 4) is 5.75 Å². The standard InChI is InChI=1S/C18H27N3O3/c1-5-24-18(21(3)15-10-12-20(2)13-11-15)19-17(22)14-6-8-16(23-4)9-7-14/h6-9,15H,5,10-13H2,1-4H3. The molecule has 0 aliphatic carbocycles. The van der Waals surface area contributed by atoms with Crippen LogP contribution in [0, 0.1) is 0 Å². The van der Waals surface area contributed by atoms with E-state index in [-0.39, 0.29) is 5.91 Å². The van der Waals surface area contributed by atoms with Gasteiger partial charge in [0.1, 0.15) is 5.75 Å². The van der Waals surface area contributed by atoms with Gasteiger partial charge in [-0.3, -0.25) is 4.79 Å². The van der Waals surface area contributed by atoms with Crippen molar-refractivity contribution in [2.45, 2.75) is 25.8 Å². The topological polar surface area (TPSA) is 54.4 Å². The molecule has 132 valence electrons. The van der Waals surface area contributed by atoms with E-state index in [9.17, 15) is 4.79 Å². The van der Waals surface area contributed by atoms with Crippen LogP contribution in [0.5, 0.6) is 5.75 Å². The first-order valence-corrected chi connectivity index (χ1v) is 8.36. The normalized spacial score (nSPS) is 16.8. The average molecular weight is 333 g/mol. The van der Waals surface area contributed by atoms with Crippen LogP contribution in [0.1, 0.15) is 30.1 Å². The van der Waals surface area contributed by atoms with Gasteiger partial charge in [-0.15, -0.1) is 0 Å². The minimum atomic E-state index is -0.305. The van der Waals surface area contributed by atoms with Gasteiger partial charge in [0.25, 0.3) is 11.9 Å². The summed E-state index contributed by atoms with van der Waals surface area (Å²) in [6, 6.07) is 7.67. The Morgan fingerprint density at radius 1 is 1.29 bits per heavy atom.